The van der Waals surface area contributed by atoms with Crippen molar-refractivity contribution in [2.24, 2.45) is 5.92 Å². The fourth-order valence-corrected chi connectivity index (χ4v) is 3.10. The quantitative estimate of drug-likeness (QED) is 0.840. The van der Waals surface area contributed by atoms with E-state index in [9.17, 15) is 0 Å². The number of rotatable bonds is 6. The first-order valence-corrected chi connectivity index (χ1v) is 7.50. The number of hydrogen-bond acceptors (Lipinski definition) is 2. The summed E-state index contributed by atoms with van der Waals surface area (Å²) in [4.78, 5) is 0. The Morgan fingerprint density at radius 1 is 1.39 bits per heavy atom. The van der Waals surface area contributed by atoms with Gasteiger partial charge in [0.2, 0.25) is 0 Å². The molecule has 0 amide bonds. The van der Waals surface area contributed by atoms with E-state index >= 15 is 0 Å². The van der Waals surface area contributed by atoms with Crippen molar-refractivity contribution >= 4 is 0 Å². The van der Waals surface area contributed by atoms with Crippen molar-refractivity contribution in [3.8, 4) is 0 Å². The first-order chi connectivity index (χ1) is 8.81. The van der Waals surface area contributed by atoms with E-state index < -0.39 is 0 Å². The largest absolute Gasteiger partial charge is 0.317 e. The Kier molecular flexibility index (Phi) is 5.24. The molecule has 3 nitrogen and oxygen atoms in total. The highest BCUT2D eigenvalue weighted by Crippen LogP contribution is 2.27. The maximum absolute atomic E-state index is 4.36. The van der Waals surface area contributed by atoms with Crippen molar-refractivity contribution in [2.45, 2.75) is 64.5 Å². The Morgan fingerprint density at radius 3 is 2.78 bits per heavy atom. The molecule has 2 rings (SSSR count). The van der Waals surface area contributed by atoms with Crippen molar-refractivity contribution in [2.75, 3.05) is 7.05 Å². The minimum absolute atomic E-state index is 0.614. The summed E-state index contributed by atoms with van der Waals surface area (Å²) in [5.74, 6) is 0.942. The standard InChI is InChI=1S/C15H27N3/c1-3-18-12-14(11-17-18)10-15(16-2)9-13-7-5-4-6-8-13/h11-13,15-16H,3-10H2,1-2H3. The molecular formula is C15H27N3. The van der Waals surface area contributed by atoms with Crippen LogP contribution >= 0.6 is 0 Å². The van der Waals surface area contributed by atoms with Crippen molar-refractivity contribution < 1.29 is 0 Å². The zero-order chi connectivity index (χ0) is 12.8. The minimum atomic E-state index is 0.614. The highest BCUT2D eigenvalue weighted by atomic mass is 15.3. The Labute approximate surface area is 111 Å². The van der Waals surface area contributed by atoms with E-state index in [1.54, 1.807) is 0 Å². The molecule has 0 saturated heterocycles. The topological polar surface area (TPSA) is 29.9 Å². The van der Waals surface area contributed by atoms with Crippen molar-refractivity contribution in [3.63, 3.8) is 0 Å². The lowest BCUT2D eigenvalue weighted by molar-refractivity contribution is 0.302. The van der Waals surface area contributed by atoms with Crippen LogP contribution in [-0.2, 0) is 13.0 Å². The molecule has 1 atom stereocenters. The second-order valence-electron chi connectivity index (χ2n) is 5.63. The van der Waals surface area contributed by atoms with Gasteiger partial charge in [-0.1, -0.05) is 32.1 Å². The van der Waals surface area contributed by atoms with Crippen LogP contribution in [-0.4, -0.2) is 22.9 Å². The molecule has 18 heavy (non-hydrogen) atoms. The fraction of sp³-hybridized carbons (Fsp3) is 0.800. The van der Waals surface area contributed by atoms with E-state index in [-0.39, 0.29) is 0 Å². The van der Waals surface area contributed by atoms with E-state index in [2.05, 4.69) is 30.6 Å². The number of aryl methyl sites for hydroxylation is 1. The summed E-state index contributed by atoms with van der Waals surface area (Å²) >= 11 is 0. The maximum Gasteiger partial charge on any atom is 0.0522 e. The van der Waals surface area contributed by atoms with E-state index in [4.69, 9.17) is 0 Å². The summed E-state index contributed by atoms with van der Waals surface area (Å²) in [6.07, 6.45) is 13.9. The lowest BCUT2D eigenvalue weighted by Crippen LogP contribution is -2.30. The highest BCUT2D eigenvalue weighted by molar-refractivity contribution is 5.06. The van der Waals surface area contributed by atoms with E-state index in [0.29, 0.717) is 6.04 Å². The fourth-order valence-electron chi connectivity index (χ4n) is 3.10. The van der Waals surface area contributed by atoms with Crippen LogP contribution < -0.4 is 5.32 Å². The third-order valence-corrected chi connectivity index (χ3v) is 4.24. The lowest BCUT2D eigenvalue weighted by Gasteiger charge is -2.26. The van der Waals surface area contributed by atoms with E-state index in [0.717, 1.165) is 18.9 Å². The van der Waals surface area contributed by atoms with Gasteiger partial charge in [0.05, 0.1) is 6.20 Å². The molecule has 102 valence electrons. The smallest absolute Gasteiger partial charge is 0.0522 e. The van der Waals surface area contributed by atoms with E-state index in [1.807, 2.05) is 10.9 Å². The van der Waals surface area contributed by atoms with Crippen LogP contribution in [0.15, 0.2) is 12.4 Å². The predicted octanol–water partition coefficient (Wildman–Crippen LogP) is 3.00. The first-order valence-electron chi connectivity index (χ1n) is 7.50. The van der Waals surface area contributed by atoms with Crippen LogP contribution in [0.25, 0.3) is 0 Å². The van der Waals surface area contributed by atoms with Crippen molar-refractivity contribution in [1.82, 2.24) is 15.1 Å². The molecule has 1 aliphatic carbocycles. The highest BCUT2D eigenvalue weighted by Gasteiger charge is 2.18. The third kappa shape index (κ3) is 3.84. The zero-order valence-corrected chi connectivity index (χ0v) is 11.9. The second kappa shape index (κ2) is 6.93. The van der Waals surface area contributed by atoms with Crippen LogP contribution in [0, 0.1) is 5.92 Å². The molecule has 3 heteroatoms. The van der Waals surface area contributed by atoms with Gasteiger partial charge in [-0.15, -0.1) is 0 Å². The van der Waals surface area contributed by atoms with Crippen molar-refractivity contribution in [3.05, 3.63) is 18.0 Å². The predicted molar refractivity (Wildman–Crippen MR) is 75.6 cm³/mol. The summed E-state index contributed by atoms with van der Waals surface area (Å²) in [5, 5.41) is 7.85. The monoisotopic (exact) mass is 249 g/mol. The molecular weight excluding hydrogens is 222 g/mol. The summed E-state index contributed by atoms with van der Waals surface area (Å²) in [6, 6.07) is 0.614. The summed E-state index contributed by atoms with van der Waals surface area (Å²) in [5.41, 5.74) is 1.37. The normalized spacial score (nSPS) is 19.0. The van der Waals surface area contributed by atoms with E-state index in [1.165, 1.54) is 44.1 Å². The van der Waals surface area contributed by atoms with Gasteiger partial charge < -0.3 is 5.32 Å². The Morgan fingerprint density at radius 2 is 2.17 bits per heavy atom. The number of aromatic nitrogens is 2. The Balaban J connectivity index is 1.84. The molecule has 1 unspecified atom stereocenters. The number of hydrogen-bond donors (Lipinski definition) is 1. The molecule has 0 radical (unpaired) electrons. The van der Waals surface area contributed by atoms with Crippen LogP contribution in [0.5, 0.6) is 0 Å². The molecule has 1 heterocycles. The maximum atomic E-state index is 4.36. The SMILES string of the molecule is CCn1cc(CC(CC2CCCCC2)NC)cn1. The second-order valence-corrected chi connectivity index (χ2v) is 5.63. The van der Waals surface area contributed by atoms with Crippen LogP contribution in [0.4, 0.5) is 0 Å². The Hall–Kier alpha value is -0.830. The molecule has 0 aliphatic heterocycles. The summed E-state index contributed by atoms with van der Waals surface area (Å²) < 4.78 is 2.02. The van der Waals surface area contributed by atoms with Crippen LogP contribution in [0.1, 0.15) is 51.0 Å². The number of nitrogens with one attached hydrogen (secondary N) is 1. The number of nitrogens with zero attached hydrogens (tertiary/aromatic N) is 2. The molecule has 0 spiro atoms. The molecule has 1 aromatic rings. The van der Waals surface area contributed by atoms with Gasteiger partial charge in [0.25, 0.3) is 0 Å². The van der Waals surface area contributed by atoms with Gasteiger partial charge in [-0.05, 0) is 38.3 Å². The molecule has 1 aromatic heterocycles. The molecule has 0 bridgehead atoms. The van der Waals surface area contributed by atoms with Gasteiger partial charge >= 0.3 is 0 Å². The van der Waals surface area contributed by atoms with Gasteiger partial charge in [-0.3, -0.25) is 4.68 Å². The minimum Gasteiger partial charge on any atom is -0.317 e. The summed E-state index contributed by atoms with van der Waals surface area (Å²) in [6.45, 7) is 3.10. The number of likely N-dealkylation sites (N-methyl/N-ethyl adjacent to an activating group) is 1. The van der Waals surface area contributed by atoms with Gasteiger partial charge in [0.15, 0.2) is 0 Å². The average molecular weight is 249 g/mol. The zero-order valence-electron chi connectivity index (χ0n) is 11.9. The molecule has 1 saturated carbocycles. The van der Waals surface area contributed by atoms with Crippen molar-refractivity contribution in [1.29, 1.82) is 0 Å². The average Bonchev–Trinajstić information content (AvgIpc) is 2.87. The van der Waals surface area contributed by atoms with Gasteiger partial charge in [-0.2, -0.15) is 5.10 Å². The third-order valence-electron chi connectivity index (χ3n) is 4.24. The molecule has 1 aliphatic rings. The molecule has 1 fully saturated rings. The lowest BCUT2D eigenvalue weighted by atomic mass is 9.84. The summed E-state index contributed by atoms with van der Waals surface area (Å²) in [7, 11) is 2.09. The van der Waals surface area contributed by atoms with Gasteiger partial charge in [0.1, 0.15) is 0 Å². The van der Waals surface area contributed by atoms with Gasteiger partial charge in [-0.25, -0.2) is 0 Å². The van der Waals surface area contributed by atoms with Crippen LogP contribution in [0.2, 0.25) is 0 Å². The first kappa shape index (κ1) is 13.6. The Bertz CT molecular complexity index is 339. The van der Waals surface area contributed by atoms with Gasteiger partial charge in [0, 0.05) is 18.8 Å². The van der Waals surface area contributed by atoms with Crippen LogP contribution in [0.3, 0.4) is 0 Å². The molecule has 1 N–H and O–H groups in total. The molecule has 0 aromatic carbocycles.